The smallest absolute Gasteiger partial charge is 0.234 e. The zero-order chi connectivity index (χ0) is 11.1. The third kappa shape index (κ3) is 4.46. The molecule has 15 heavy (non-hydrogen) atoms. The minimum absolute atomic E-state index is 0.315. The Morgan fingerprint density at radius 3 is 2.73 bits per heavy atom. The molecule has 0 saturated carbocycles. The first-order valence-corrected chi connectivity index (χ1v) is 4.90. The van der Waals surface area contributed by atoms with Crippen molar-refractivity contribution in [3.8, 4) is 5.75 Å². The Kier molecular flexibility index (Phi) is 4.63. The van der Waals surface area contributed by atoms with Gasteiger partial charge >= 0.3 is 0 Å². The quantitative estimate of drug-likeness (QED) is 0.670. The first kappa shape index (κ1) is 11.5. The number of hydrogen-bond donors (Lipinski definition) is 2. The number of benzene rings is 1. The maximum Gasteiger partial charge on any atom is 0.234 e. The van der Waals surface area contributed by atoms with E-state index in [0.29, 0.717) is 13.2 Å². The first-order valence-electron chi connectivity index (χ1n) is 4.90. The highest BCUT2D eigenvalue weighted by molar-refractivity contribution is 5.79. The fraction of sp³-hybridized carbons (Fsp3) is 0.364. The van der Waals surface area contributed by atoms with E-state index in [-0.39, 0.29) is 11.9 Å². The average molecular weight is 208 g/mol. The Bertz CT molecular complexity index is 301. The standard InChI is InChI=1S/C11H16N2O2/c1-9(11(12)14)13-7-8-15-10-5-3-2-4-6-10/h2-6,9,13H,7-8H2,1H3,(H2,12,14). The molecule has 0 aliphatic rings. The predicted molar refractivity (Wildman–Crippen MR) is 58.6 cm³/mol. The third-order valence-corrected chi connectivity index (χ3v) is 1.99. The van der Waals surface area contributed by atoms with Gasteiger partial charge in [-0.3, -0.25) is 4.79 Å². The normalized spacial score (nSPS) is 12.1. The topological polar surface area (TPSA) is 64.3 Å². The Labute approximate surface area is 89.4 Å². The lowest BCUT2D eigenvalue weighted by molar-refractivity contribution is -0.119. The fourth-order valence-electron chi connectivity index (χ4n) is 1.06. The lowest BCUT2D eigenvalue weighted by Gasteiger charge is -2.10. The maximum absolute atomic E-state index is 10.7. The van der Waals surface area contributed by atoms with Gasteiger partial charge in [-0.25, -0.2) is 0 Å². The lowest BCUT2D eigenvalue weighted by Crippen LogP contribution is -2.40. The second-order valence-electron chi connectivity index (χ2n) is 3.24. The van der Waals surface area contributed by atoms with Crippen LogP contribution in [0.2, 0.25) is 0 Å². The molecule has 0 fully saturated rings. The summed E-state index contributed by atoms with van der Waals surface area (Å²) in [6, 6.07) is 9.21. The molecule has 4 nitrogen and oxygen atoms in total. The van der Waals surface area contributed by atoms with Gasteiger partial charge < -0.3 is 15.8 Å². The summed E-state index contributed by atoms with van der Waals surface area (Å²) in [6.45, 7) is 2.84. The SMILES string of the molecule is CC(NCCOc1ccccc1)C(N)=O. The van der Waals surface area contributed by atoms with Crippen molar-refractivity contribution in [3.63, 3.8) is 0 Å². The molecule has 0 heterocycles. The van der Waals surface area contributed by atoms with Gasteiger partial charge in [0.1, 0.15) is 12.4 Å². The summed E-state index contributed by atoms with van der Waals surface area (Å²) in [5.74, 6) is 0.473. The third-order valence-electron chi connectivity index (χ3n) is 1.99. The van der Waals surface area contributed by atoms with Gasteiger partial charge in [0.05, 0.1) is 6.04 Å². The molecule has 3 N–H and O–H groups in total. The van der Waals surface area contributed by atoms with Crippen LogP contribution in [0.1, 0.15) is 6.92 Å². The van der Waals surface area contributed by atoms with Crippen molar-refractivity contribution < 1.29 is 9.53 Å². The zero-order valence-electron chi connectivity index (χ0n) is 8.77. The summed E-state index contributed by atoms with van der Waals surface area (Å²) >= 11 is 0. The molecule has 0 bridgehead atoms. The van der Waals surface area contributed by atoms with Crippen LogP contribution in [-0.2, 0) is 4.79 Å². The van der Waals surface area contributed by atoms with Crippen LogP contribution in [0.5, 0.6) is 5.75 Å². The van der Waals surface area contributed by atoms with E-state index in [1.165, 1.54) is 0 Å². The van der Waals surface area contributed by atoms with Crippen LogP contribution < -0.4 is 15.8 Å². The molecule has 1 aromatic rings. The number of nitrogens with one attached hydrogen (secondary N) is 1. The second kappa shape index (κ2) is 6.03. The van der Waals surface area contributed by atoms with Crippen molar-refractivity contribution in [1.29, 1.82) is 0 Å². The Balaban J connectivity index is 2.15. The Morgan fingerprint density at radius 2 is 2.13 bits per heavy atom. The van der Waals surface area contributed by atoms with Gasteiger partial charge in [0.15, 0.2) is 0 Å². The fourth-order valence-corrected chi connectivity index (χ4v) is 1.06. The molecule has 0 aromatic heterocycles. The highest BCUT2D eigenvalue weighted by Crippen LogP contribution is 2.07. The van der Waals surface area contributed by atoms with Gasteiger partial charge in [-0.05, 0) is 19.1 Å². The monoisotopic (exact) mass is 208 g/mol. The summed E-state index contributed by atoms with van der Waals surface area (Å²) in [4.78, 5) is 10.7. The predicted octanol–water partition coefficient (Wildman–Crippen LogP) is 0.529. The molecule has 4 heteroatoms. The van der Waals surface area contributed by atoms with E-state index in [9.17, 15) is 4.79 Å². The van der Waals surface area contributed by atoms with E-state index in [1.807, 2.05) is 30.3 Å². The molecular weight excluding hydrogens is 192 g/mol. The van der Waals surface area contributed by atoms with Gasteiger partial charge in [-0.1, -0.05) is 18.2 Å². The highest BCUT2D eigenvalue weighted by Gasteiger charge is 2.05. The molecule has 1 atom stereocenters. The van der Waals surface area contributed by atoms with Crippen molar-refractivity contribution in [2.75, 3.05) is 13.2 Å². The van der Waals surface area contributed by atoms with Gasteiger partial charge in [-0.15, -0.1) is 0 Å². The van der Waals surface area contributed by atoms with Crippen molar-refractivity contribution in [2.24, 2.45) is 5.73 Å². The summed E-state index contributed by atoms with van der Waals surface area (Å²) < 4.78 is 5.42. The molecule has 0 radical (unpaired) electrons. The first-order chi connectivity index (χ1) is 7.20. The number of amides is 1. The molecule has 1 aromatic carbocycles. The molecule has 1 rings (SSSR count). The zero-order valence-corrected chi connectivity index (χ0v) is 8.77. The number of nitrogens with two attached hydrogens (primary N) is 1. The Hall–Kier alpha value is -1.55. The van der Waals surface area contributed by atoms with Crippen LogP contribution in [0.15, 0.2) is 30.3 Å². The van der Waals surface area contributed by atoms with E-state index in [2.05, 4.69) is 5.32 Å². The average Bonchev–Trinajstić information content (AvgIpc) is 2.25. The molecule has 1 unspecified atom stereocenters. The summed E-state index contributed by atoms with van der Waals surface area (Å²) in [5, 5.41) is 2.95. The minimum Gasteiger partial charge on any atom is -0.492 e. The highest BCUT2D eigenvalue weighted by atomic mass is 16.5. The van der Waals surface area contributed by atoms with Crippen LogP contribution in [0.25, 0.3) is 0 Å². The van der Waals surface area contributed by atoms with Gasteiger partial charge in [-0.2, -0.15) is 0 Å². The number of para-hydroxylation sites is 1. The van der Waals surface area contributed by atoms with Crippen LogP contribution >= 0.6 is 0 Å². The molecule has 0 spiro atoms. The molecule has 82 valence electrons. The van der Waals surface area contributed by atoms with Crippen LogP contribution in [0, 0.1) is 0 Å². The molecule has 1 amide bonds. The number of carbonyl (C=O) groups is 1. The molecular formula is C11H16N2O2. The minimum atomic E-state index is -0.352. The summed E-state index contributed by atoms with van der Waals surface area (Å²) in [6.07, 6.45) is 0. The lowest BCUT2D eigenvalue weighted by atomic mass is 10.3. The van der Waals surface area contributed by atoms with E-state index in [0.717, 1.165) is 5.75 Å². The van der Waals surface area contributed by atoms with Crippen molar-refractivity contribution in [2.45, 2.75) is 13.0 Å². The summed E-state index contributed by atoms with van der Waals surface area (Å²) in [5.41, 5.74) is 5.09. The number of ether oxygens (including phenoxy) is 1. The number of hydrogen-bond acceptors (Lipinski definition) is 3. The molecule has 0 aliphatic heterocycles. The van der Waals surface area contributed by atoms with Gasteiger partial charge in [0, 0.05) is 6.54 Å². The largest absolute Gasteiger partial charge is 0.492 e. The van der Waals surface area contributed by atoms with E-state index >= 15 is 0 Å². The van der Waals surface area contributed by atoms with E-state index in [4.69, 9.17) is 10.5 Å². The van der Waals surface area contributed by atoms with Crippen LogP contribution in [0.3, 0.4) is 0 Å². The maximum atomic E-state index is 10.7. The van der Waals surface area contributed by atoms with Crippen molar-refractivity contribution in [1.82, 2.24) is 5.32 Å². The number of carbonyl (C=O) groups excluding carboxylic acids is 1. The van der Waals surface area contributed by atoms with Gasteiger partial charge in [0.25, 0.3) is 0 Å². The van der Waals surface area contributed by atoms with E-state index < -0.39 is 0 Å². The van der Waals surface area contributed by atoms with Gasteiger partial charge in [0.2, 0.25) is 5.91 Å². The number of rotatable bonds is 6. The van der Waals surface area contributed by atoms with Crippen molar-refractivity contribution >= 4 is 5.91 Å². The molecule has 0 aliphatic carbocycles. The van der Waals surface area contributed by atoms with Crippen molar-refractivity contribution in [3.05, 3.63) is 30.3 Å². The van der Waals surface area contributed by atoms with Crippen LogP contribution in [-0.4, -0.2) is 25.1 Å². The molecule has 0 saturated heterocycles. The summed E-state index contributed by atoms with van der Waals surface area (Å²) in [7, 11) is 0. The van der Waals surface area contributed by atoms with Crippen LogP contribution in [0.4, 0.5) is 0 Å². The second-order valence-corrected chi connectivity index (χ2v) is 3.24. The Morgan fingerprint density at radius 1 is 1.47 bits per heavy atom. The van der Waals surface area contributed by atoms with E-state index in [1.54, 1.807) is 6.92 Å². The number of primary amides is 1.